The van der Waals surface area contributed by atoms with E-state index in [1.165, 1.54) is 25.3 Å². The Hall–Kier alpha value is -3.41. The van der Waals surface area contributed by atoms with Crippen LogP contribution in [0.3, 0.4) is 0 Å². The number of fused-ring (bicyclic) bond motifs is 1. The number of phenols is 1. The first kappa shape index (κ1) is 17.4. The van der Waals surface area contributed by atoms with Gasteiger partial charge in [0.15, 0.2) is 5.78 Å². The van der Waals surface area contributed by atoms with E-state index >= 15 is 0 Å². The largest absolute Gasteiger partial charge is 0.508 e. The number of benzene rings is 2. The molecule has 0 radical (unpaired) electrons. The first-order valence-corrected chi connectivity index (χ1v) is 8.01. The van der Waals surface area contributed by atoms with Crippen LogP contribution in [0.1, 0.15) is 26.3 Å². The molecule has 1 aliphatic rings. The number of phenolic OH excluding ortho intramolecular Hbond substituents is 1. The maximum absolute atomic E-state index is 12.6. The van der Waals surface area contributed by atoms with Crippen LogP contribution in [0.25, 0.3) is 0 Å². The molecule has 2 N–H and O–H groups in total. The summed E-state index contributed by atoms with van der Waals surface area (Å²) in [6.07, 6.45) is 1.44. The fraction of sp³-hybridized carbons (Fsp3) is 0.150. The molecule has 0 unspecified atom stereocenters. The van der Waals surface area contributed by atoms with Gasteiger partial charge in [-0.25, -0.2) is 4.79 Å². The molecular weight excluding hydrogens is 334 g/mol. The number of ether oxygens (including phenoxy) is 1. The lowest BCUT2D eigenvalue weighted by Gasteiger charge is -2.22. The summed E-state index contributed by atoms with van der Waals surface area (Å²) in [6.45, 7) is 0. The number of methoxy groups -OCH3 is 1. The lowest BCUT2D eigenvalue weighted by atomic mass is 9.92. The van der Waals surface area contributed by atoms with Crippen molar-refractivity contribution in [2.24, 2.45) is 0 Å². The molecule has 0 saturated carbocycles. The number of hydrogen-bond acceptors (Lipinski definition) is 6. The average Bonchev–Trinajstić information content (AvgIpc) is 2.66. The quantitative estimate of drug-likeness (QED) is 0.801. The van der Waals surface area contributed by atoms with Crippen molar-refractivity contribution in [1.82, 2.24) is 5.32 Å². The van der Waals surface area contributed by atoms with E-state index in [1.54, 1.807) is 36.4 Å². The zero-order chi connectivity index (χ0) is 18.7. The van der Waals surface area contributed by atoms with Crippen LogP contribution in [0.5, 0.6) is 5.75 Å². The third-order valence-corrected chi connectivity index (χ3v) is 4.15. The Labute approximate surface area is 150 Å². The number of allylic oxidation sites excluding steroid dienone is 2. The number of hydrogen-bond donors (Lipinski definition) is 2. The number of carbonyl (C=O) groups excluding carboxylic acids is 3. The van der Waals surface area contributed by atoms with E-state index < -0.39 is 12.0 Å². The van der Waals surface area contributed by atoms with Crippen LogP contribution >= 0.6 is 0 Å². The fourth-order valence-electron chi connectivity index (χ4n) is 2.81. The molecule has 0 spiro atoms. The van der Waals surface area contributed by atoms with Gasteiger partial charge in [-0.15, -0.1) is 0 Å². The van der Waals surface area contributed by atoms with Gasteiger partial charge in [-0.1, -0.05) is 36.4 Å². The molecule has 3 rings (SSSR count). The molecule has 0 bridgehead atoms. The van der Waals surface area contributed by atoms with Crippen molar-refractivity contribution >= 4 is 17.5 Å². The number of rotatable bonds is 5. The van der Waals surface area contributed by atoms with E-state index in [9.17, 15) is 19.5 Å². The van der Waals surface area contributed by atoms with Gasteiger partial charge in [0.05, 0.1) is 12.8 Å². The van der Waals surface area contributed by atoms with Crippen LogP contribution in [0, 0.1) is 0 Å². The van der Waals surface area contributed by atoms with Crippen molar-refractivity contribution in [3.05, 3.63) is 77.0 Å². The highest BCUT2D eigenvalue weighted by molar-refractivity contribution is 6.24. The van der Waals surface area contributed by atoms with Gasteiger partial charge in [0.25, 0.3) is 0 Å². The lowest BCUT2D eigenvalue weighted by Crippen LogP contribution is -2.42. The number of carbonyl (C=O) groups is 3. The highest BCUT2D eigenvalue weighted by Crippen LogP contribution is 2.21. The van der Waals surface area contributed by atoms with E-state index in [-0.39, 0.29) is 29.4 Å². The minimum absolute atomic E-state index is 0.0582. The van der Waals surface area contributed by atoms with E-state index in [4.69, 9.17) is 4.74 Å². The van der Waals surface area contributed by atoms with E-state index in [1.807, 2.05) is 0 Å². The fourth-order valence-corrected chi connectivity index (χ4v) is 2.81. The molecule has 0 aromatic heterocycles. The summed E-state index contributed by atoms with van der Waals surface area (Å²) in [6, 6.07) is 12.1. The van der Waals surface area contributed by atoms with Gasteiger partial charge >= 0.3 is 5.97 Å². The van der Waals surface area contributed by atoms with Crippen molar-refractivity contribution in [3.8, 4) is 5.75 Å². The molecule has 2 aromatic rings. The van der Waals surface area contributed by atoms with Gasteiger partial charge in [0, 0.05) is 23.6 Å². The molecule has 6 nitrogen and oxygen atoms in total. The summed E-state index contributed by atoms with van der Waals surface area (Å²) in [7, 11) is 1.26. The van der Waals surface area contributed by atoms with Crippen molar-refractivity contribution < 1.29 is 24.2 Å². The van der Waals surface area contributed by atoms with Crippen LogP contribution in [0.2, 0.25) is 0 Å². The number of Topliss-reactive ketones (excluding diaryl/α,β-unsaturated/α-hetero) is 1. The molecule has 0 amide bonds. The minimum atomic E-state index is -0.849. The average molecular weight is 351 g/mol. The minimum Gasteiger partial charge on any atom is -0.508 e. The maximum atomic E-state index is 12.6. The third kappa shape index (κ3) is 3.49. The monoisotopic (exact) mass is 351 g/mol. The zero-order valence-electron chi connectivity index (χ0n) is 14.1. The summed E-state index contributed by atoms with van der Waals surface area (Å²) in [4.78, 5) is 37.0. The normalized spacial score (nSPS) is 14.3. The molecule has 0 fully saturated rings. The molecule has 0 saturated heterocycles. The second kappa shape index (κ2) is 7.23. The van der Waals surface area contributed by atoms with Gasteiger partial charge in [-0.2, -0.15) is 0 Å². The van der Waals surface area contributed by atoms with Gasteiger partial charge in [-0.3, -0.25) is 9.59 Å². The molecule has 1 atom stereocenters. The highest BCUT2D eigenvalue weighted by Gasteiger charge is 2.29. The van der Waals surface area contributed by atoms with Crippen LogP contribution < -0.4 is 5.32 Å². The number of esters is 1. The summed E-state index contributed by atoms with van der Waals surface area (Å²) in [5.74, 6) is -1.09. The topological polar surface area (TPSA) is 92.7 Å². The Bertz CT molecular complexity index is 899. The van der Waals surface area contributed by atoms with Gasteiger partial charge in [0.1, 0.15) is 11.8 Å². The highest BCUT2D eigenvalue weighted by atomic mass is 16.5. The first-order valence-electron chi connectivity index (χ1n) is 8.01. The molecule has 132 valence electrons. The van der Waals surface area contributed by atoms with E-state index in [0.29, 0.717) is 11.1 Å². The Morgan fingerprint density at radius 1 is 1.08 bits per heavy atom. The number of ketones is 2. The third-order valence-electron chi connectivity index (χ3n) is 4.15. The maximum Gasteiger partial charge on any atom is 0.328 e. The van der Waals surface area contributed by atoms with Crippen molar-refractivity contribution in [2.75, 3.05) is 7.11 Å². The Balaban J connectivity index is 1.85. The van der Waals surface area contributed by atoms with Gasteiger partial charge < -0.3 is 15.2 Å². The number of nitrogens with one attached hydrogen (secondary N) is 1. The standard InChI is InChI=1S/C20H17NO5/c1-26-20(25)17(10-12-6-8-13(22)9-7-12)21-16-11-18(23)14-4-2-3-5-15(14)19(16)24/h2-9,11,17,21-22H,10H2,1H3/t17-/m0/s1. The summed E-state index contributed by atoms with van der Waals surface area (Å²) in [5.41, 5.74) is 1.47. The molecular formula is C20H17NO5. The van der Waals surface area contributed by atoms with Crippen LogP contribution in [0.15, 0.2) is 60.3 Å². The molecule has 0 heterocycles. The van der Waals surface area contributed by atoms with Gasteiger partial charge in [0.2, 0.25) is 5.78 Å². The second-order valence-corrected chi connectivity index (χ2v) is 5.89. The molecule has 6 heteroatoms. The molecule has 1 aliphatic carbocycles. The molecule has 0 aliphatic heterocycles. The molecule has 26 heavy (non-hydrogen) atoms. The zero-order valence-corrected chi connectivity index (χ0v) is 14.1. The SMILES string of the molecule is COC(=O)[C@H](Cc1ccc(O)cc1)NC1=CC(=O)c2ccccc2C1=O. The van der Waals surface area contributed by atoms with Gasteiger partial charge in [-0.05, 0) is 17.7 Å². The van der Waals surface area contributed by atoms with Crippen LogP contribution in [-0.4, -0.2) is 35.8 Å². The van der Waals surface area contributed by atoms with E-state index in [0.717, 1.165) is 5.56 Å². The predicted octanol–water partition coefficient (Wildman–Crippen LogP) is 2.03. The van der Waals surface area contributed by atoms with Crippen LogP contribution in [-0.2, 0) is 16.0 Å². The number of aromatic hydroxyl groups is 1. The Morgan fingerprint density at radius 3 is 2.38 bits per heavy atom. The predicted molar refractivity (Wildman–Crippen MR) is 93.9 cm³/mol. The summed E-state index contributed by atoms with van der Waals surface area (Å²) >= 11 is 0. The van der Waals surface area contributed by atoms with Crippen molar-refractivity contribution in [3.63, 3.8) is 0 Å². The van der Waals surface area contributed by atoms with Crippen molar-refractivity contribution in [1.29, 1.82) is 0 Å². The Kier molecular flexibility index (Phi) is 4.84. The first-order chi connectivity index (χ1) is 12.5. The molecule has 2 aromatic carbocycles. The summed E-state index contributed by atoms with van der Waals surface area (Å²) < 4.78 is 4.81. The summed E-state index contributed by atoms with van der Waals surface area (Å²) in [5, 5.41) is 12.2. The lowest BCUT2D eigenvalue weighted by molar-refractivity contribution is -0.142. The van der Waals surface area contributed by atoms with E-state index in [2.05, 4.69) is 5.32 Å². The Morgan fingerprint density at radius 2 is 1.73 bits per heavy atom. The van der Waals surface area contributed by atoms with Crippen molar-refractivity contribution in [2.45, 2.75) is 12.5 Å². The second-order valence-electron chi connectivity index (χ2n) is 5.89. The van der Waals surface area contributed by atoms with Crippen LogP contribution in [0.4, 0.5) is 0 Å². The smallest absolute Gasteiger partial charge is 0.328 e.